The van der Waals surface area contributed by atoms with Crippen LogP contribution < -0.4 is 5.32 Å². The van der Waals surface area contributed by atoms with E-state index in [9.17, 15) is 13.6 Å². The van der Waals surface area contributed by atoms with Crippen molar-refractivity contribution in [1.82, 2.24) is 10.2 Å². The first kappa shape index (κ1) is 15.9. The zero-order valence-electron chi connectivity index (χ0n) is 12.6. The van der Waals surface area contributed by atoms with Crippen molar-refractivity contribution in [2.75, 3.05) is 20.1 Å². The van der Waals surface area contributed by atoms with Gasteiger partial charge < -0.3 is 10.2 Å². The highest BCUT2D eigenvalue weighted by atomic mass is 19.2. The van der Waals surface area contributed by atoms with Gasteiger partial charge in [-0.25, -0.2) is 8.78 Å². The standard InChI is InChI=1S/C16H22F2N2O/c1-3-16(7-4-8-19-11-16)15(21)20(2)10-12-5-6-13(17)14(18)9-12/h5-6,9,19H,3-4,7-8,10-11H2,1-2H3. The average Bonchev–Trinajstić information content (AvgIpc) is 2.50. The summed E-state index contributed by atoms with van der Waals surface area (Å²) in [5, 5.41) is 3.29. The first-order valence-electron chi connectivity index (χ1n) is 7.39. The lowest BCUT2D eigenvalue weighted by molar-refractivity contribution is -0.142. The molecule has 1 aliphatic heterocycles. The van der Waals surface area contributed by atoms with Gasteiger partial charge in [-0.15, -0.1) is 0 Å². The van der Waals surface area contributed by atoms with Crippen molar-refractivity contribution < 1.29 is 13.6 Å². The van der Waals surface area contributed by atoms with Crippen molar-refractivity contribution in [3.05, 3.63) is 35.4 Å². The SMILES string of the molecule is CCC1(C(=O)N(C)Cc2ccc(F)c(F)c2)CCCNC1. The van der Waals surface area contributed by atoms with Crippen LogP contribution in [0.3, 0.4) is 0 Å². The highest BCUT2D eigenvalue weighted by Crippen LogP contribution is 2.32. The highest BCUT2D eigenvalue weighted by Gasteiger charge is 2.39. The van der Waals surface area contributed by atoms with Gasteiger partial charge >= 0.3 is 0 Å². The van der Waals surface area contributed by atoms with Crippen LogP contribution in [-0.2, 0) is 11.3 Å². The lowest BCUT2D eigenvalue weighted by Gasteiger charge is -2.38. The van der Waals surface area contributed by atoms with Crippen molar-refractivity contribution in [1.29, 1.82) is 0 Å². The van der Waals surface area contributed by atoms with Crippen LogP contribution in [0.5, 0.6) is 0 Å². The van der Waals surface area contributed by atoms with Crippen molar-refractivity contribution in [3.8, 4) is 0 Å². The highest BCUT2D eigenvalue weighted by molar-refractivity contribution is 5.83. The predicted molar refractivity (Wildman–Crippen MR) is 77.7 cm³/mol. The Bertz CT molecular complexity index is 513. The Morgan fingerprint density at radius 3 is 2.71 bits per heavy atom. The molecule has 1 aromatic rings. The molecule has 0 spiro atoms. The molecule has 1 amide bonds. The van der Waals surface area contributed by atoms with Gasteiger partial charge in [0.1, 0.15) is 0 Å². The van der Waals surface area contributed by atoms with Gasteiger partial charge in [0.15, 0.2) is 11.6 Å². The molecular weight excluding hydrogens is 274 g/mol. The number of piperidine rings is 1. The van der Waals surface area contributed by atoms with Crippen LogP contribution in [0.15, 0.2) is 18.2 Å². The first-order valence-corrected chi connectivity index (χ1v) is 7.39. The van der Waals surface area contributed by atoms with Gasteiger partial charge in [-0.3, -0.25) is 4.79 Å². The molecule has 1 aromatic carbocycles. The predicted octanol–water partition coefficient (Wildman–Crippen LogP) is 2.70. The Morgan fingerprint density at radius 2 is 2.14 bits per heavy atom. The van der Waals surface area contributed by atoms with Crippen LogP contribution in [0.2, 0.25) is 0 Å². The Morgan fingerprint density at radius 1 is 1.38 bits per heavy atom. The summed E-state index contributed by atoms with van der Waals surface area (Å²) in [4.78, 5) is 14.3. The third-order valence-corrected chi connectivity index (χ3v) is 4.35. The Balaban J connectivity index is 2.09. The van der Waals surface area contributed by atoms with Crippen LogP contribution >= 0.6 is 0 Å². The van der Waals surface area contributed by atoms with E-state index in [1.807, 2.05) is 6.92 Å². The molecule has 1 unspecified atom stereocenters. The molecule has 1 saturated heterocycles. The maximum Gasteiger partial charge on any atom is 0.230 e. The minimum absolute atomic E-state index is 0.0712. The average molecular weight is 296 g/mol. The Labute approximate surface area is 124 Å². The molecule has 116 valence electrons. The smallest absolute Gasteiger partial charge is 0.230 e. The fourth-order valence-corrected chi connectivity index (χ4v) is 2.99. The van der Waals surface area contributed by atoms with E-state index in [1.165, 1.54) is 6.07 Å². The summed E-state index contributed by atoms with van der Waals surface area (Å²) < 4.78 is 26.2. The van der Waals surface area contributed by atoms with Crippen molar-refractivity contribution in [2.45, 2.75) is 32.7 Å². The molecule has 1 atom stereocenters. The van der Waals surface area contributed by atoms with Crippen LogP contribution in [0, 0.1) is 17.0 Å². The molecular formula is C16H22F2N2O. The number of benzene rings is 1. The lowest BCUT2D eigenvalue weighted by Crippen LogP contribution is -2.50. The van der Waals surface area contributed by atoms with E-state index in [-0.39, 0.29) is 17.9 Å². The minimum atomic E-state index is -0.877. The first-order chi connectivity index (χ1) is 9.98. The summed E-state index contributed by atoms with van der Waals surface area (Å²) in [5.41, 5.74) is 0.228. The monoisotopic (exact) mass is 296 g/mol. The van der Waals surface area contributed by atoms with E-state index in [1.54, 1.807) is 11.9 Å². The van der Waals surface area contributed by atoms with Gasteiger partial charge in [0.2, 0.25) is 5.91 Å². The Kier molecular flexibility index (Phi) is 4.93. The van der Waals surface area contributed by atoms with E-state index in [0.29, 0.717) is 12.1 Å². The van der Waals surface area contributed by atoms with Gasteiger partial charge in [0.05, 0.1) is 5.41 Å². The second kappa shape index (κ2) is 6.52. The van der Waals surface area contributed by atoms with Crippen molar-refractivity contribution >= 4 is 5.91 Å². The number of nitrogens with one attached hydrogen (secondary N) is 1. The molecule has 1 N–H and O–H groups in total. The quantitative estimate of drug-likeness (QED) is 0.926. The van der Waals surface area contributed by atoms with E-state index >= 15 is 0 Å². The third-order valence-electron chi connectivity index (χ3n) is 4.35. The summed E-state index contributed by atoms with van der Waals surface area (Å²) in [7, 11) is 1.72. The van der Waals surface area contributed by atoms with Crippen LogP contribution in [0.25, 0.3) is 0 Å². The molecule has 0 aromatic heterocycles. The van der Waals surface area contributed by atoms with Crippen molar-refractivity contribution in [2.24, 2.45) is 5.41 Å². The molecule has 21 heavy (non-hydrogen) atoms. The summed E-state index contributed by atoms with van der Waals surface area (Å²) >= 11 is 0. The minimum Gasteiger partial charge on any atom is -0.341 e. The van der Waals surface area contributed by atoms with Gasteiger partial charge in [-0.2, -0.15) is 0 Å². The second-order valence-electron chi connectivity index (χ2n) is 5.82. The molecule has 1 fully saturated rings. The lowest BCUT2D eigenvalue weighted by atomic mass is 9.77. The second-order valence-corrected chi connectivity index (χ2v) is 5.82. The summed E-state index contributed by atoms with van der Waals surface area (Å²) in [6, 6.07) is 3.76. The van der Waals surface area contributed by atoms with Crippen molar-refractivity contribution in [3.63, 3.8) is 0 Å². The molecule has 0 saturated carbocycles. The van der Waals surface area contributed by atoms with Crippen LogP contribution in [0.4, 0.5) is 8.78 Å². The number of amides is 1. The molecule has 5 heteroatoms. The number of carbonyl (C=O) groups is 1. The maximum atomic E-state index is 13.2. The summed E-state index contributed by atoms with van der Waals surface area (Å²) in [6.07, 6.45) is 2.64. The molecule has 3 nitrogen and oxygen atoms in total. The van der Waals surface area contributed by atoms with Crippen LogP contribution in [-0.4, -0.2) is 30.9 Å². The third kappa shape index (κ3) is 3.40. The number of hydrogen-bond acceptors (Lipinski definition) is 2. The number of hydrogen-bond donors (Lipinski definition) is 1. The van der Waals surface area contributed by atoms with E-state index in [2.05, 4.69) is 5.32 Å². The largest absolute Gasteiger partial charge is 0.341 e. The fourth-order valence-electron chi connectivity index (χ4n) is 2.99. The van der Waals surface area contributed by atoms with Gasteiger partial charge in [-0.05, 0) is 43.5 Å². The zero-order valence-corrected chi connectivity index (χ0v) is 12.6. The number of nitrogens with zero attached hydrogens (tertiary/aromatic N) is 1. The van der Waals surface area contributed by atoms with Gasteiger partial charge in [0.25, 0.3) is 0 Å². The Hall–Kier alpha value is -1.49. The molecule has 2 rings (SSSR count). The topological polar surface area (TPSA) is 32.3 Å². The number of rotatable bonds is 4. The fraction of sp³-hybridized carbons (Fsp3) is 0.562. The molecule has 0 radical (unpaired) electrons. The molecule has 0 aliphatic carbocycles. The van der Waals surface area contributed by atoms with Gasteiger partial charge in [0, 0.05) is 20.1 Å². The maximum absolute atomic E-state index is 13.2. The number of carbonyl (C=O) groups excluding carboxylic acids is 1. The summed E-state index contributed by atoms with van der Waals surface area (Å²) in [6.45, 7) is 3.94. The zero-order chi connectivity index (χ0) is 15.5. The van der Waals surface area contributed by atoms with E-state index < -0.39 is 11.6 Å². The molecule has 1 aliphatic rings. The van der Waals surface area contributed by atoms with Gasteiger partial charge in [-0.1, -0.05) is 13.0 Å². The van der Waals surface area contributed by atoms with Crippen LogP contribution in [0.1, 0.15) is 31.7 Å². The molecule has 1 heterocycles. The normalized spacial score (nSPS) is 22.1. The summed E-state index contributed by atoms with van der Waals surface area (Å²) in [5.74, 6) is -1.67. The van der Waals surface area contributed by atoms with E-state index in [0.717, 1.165) is 37.9 Å². The van der Waals surface area contributed by atoms with E-state index in [4.69, 9.17) is 0 Å². The molecule has 0 bridgehead atoms. The number of halogens is 2.